The monoisotopic (exact) mass is 701 g/mol. The van der Waals surface area contributed by atoms with Crippen molar-refractivity contribution in [3.05, 3.63) is 138 Å². The quantitative estimate of drug-likeness (QED) is 0.158. The molecule has 2 amide bonds. The highest BCUT2D eigenvalue weighted by atomic mass is 35.5. The topological polar surface area (TPSA) is 80.2 Å². The molecule has 0 saturated carbocycles. The number of nitrogens with zero attached hydrogens (tertiary/aromatic N) is 1. The highest BCUT2D eigenvalue weighted by Crippen LogP contribution is 2.21. The van der Waals surface area contributed by atoms with Crippen molar-refractivity contribution in [3.8, 4) is 5.69 Å². The maximum absolute atomic E-state index is 12.6. The zero-order valence-electron chi connectivity index (χ0n) is 29.5. The van der Waals surface area contributed by atoms with Gasteiger partial charge >= 0.3 is 0 Å². The SMILES string of the molecule is CC(C)(C)CCNC(=O)c1ccc(-n2ccc3ccccc32)cc1.CC(C)(C)CCNC(=O)c1ccc(F)cc1.O=C(Cl)c1ccc(F)cc1. The van der Waals surface area contributed by atoms with Crippen LogP contribution < -0.4 is 10.6 Å². The lowest BCUT2D eigenvalue weighted by atomic mass is 9.92. The van der Waals surface area contributed by atoms with Gasteiger partial charge in [0.15, 0.2) is 0 Å². The Morgan fingerprint density at radius 2 is 1.02 bits per heavy atom. The van der Waals surface area contributed by atoms with E-state index in [0.717, 1.165) is 18.5 Å². The third kappa shape index (κ3) is 13.6. The van der Waals surface area contributed by atoms with Crippen LogP contribution in [0.2, 0.25) is 0 Å². The number of hydrogen-bond donors (Lipinski definition) is 2. The molecule has 0 fully saturated rings. The van der Waals surface area contributed by atoms with E-state index in [0.29, 0.717) is 29.8 Å². The Morgan fingerprint density at radius 1 is 0.600 bits per heavy atom. The molecule has 2 N–H and O–H groups in total. The van der Waals surface area contributed by atoms with Crippen LogP contribution in [0.1, 0.15) is 85.5 Å². The Balaban J connectivity index is 0.000000224. The predicted molar refractivity (Wildman–Crippen MR) is 199 cm³/mol. The molecule has 0 atom stereocenters. The number of rotatable bonds is 8. The number of carbonyl (C=O) groups is 3. The van der Waals surface area contributed by atoms with Gasteiger partial charge in [0.2, 0.25) is 0 Å². The molecular formula is C41H46ClF2N3O3. The summed E-state index contributed by atoms with van der Waals surface area (Å²) in [7, 11) is 0. The first-order chi connectivity index (χ1) is 23.5. The lowest BCUT2D eigenvalue weighted by Gasteiger charge is -2.18. The maximum Gasteiger partial charge on any atom is 0.252 e. The van der Waals surface area contributed by atoms with Gasteiger partial charge in [0, 0.05) is 41.7 Å². The minimum atomic E-state index is -0.569. The molecule has 264 valence electrons. The molecule has 4 aromatic carbocycles. The van der Waals surface area contributed by atoms with E-state index in [1.807, 2.05) is 36.4 Å². The van der Waals surface area contributed by atoms with Gasteiger partial charge in [0.25, 0.3) is 17.1 Å². The zero-order chi connectivity index (χ0) is 36.9. The van der Waals surface area contributed by atoms with Crippen molar-refractivity contribution in [3.63, 3.8) is 0 Å². The fourth-order valence-corrected chi connectivity index (χ4v) is 4.70. The van der Waals surface area contributed by atoms with Crippen molar-refractivity contribution in [1.82, 2.24) is 15.2 Å². The molecule has 0 aliphatic heterocycles. The third-order valence-electron chi connectivity index (χ3n) is 7.51. The number of hydrogen-bond acceptors (Lipinski definition) is 3. The van der Waals surface area contributed by atoms with Crippen LogP contribution in [0.3, 0.4) is 0 Å². The summed E-state index contributed by atoms with van der Waals surface area (Å²) >= 11 is 5.09. The van der Waals surface area contributed by atoms with Gasteiger partial charge in [-0.1, -0.05) is 59.7 Å². The molecule has 1 aromatic heterocycles. The van der Waals surface area contributed by atoms with Gasteiger partial charge in [-0.25, -0.2) is 8.78 Å². The minimum Gasteiger partial charge on any atom is -0.352 e. The second-order valence-corrected chi connectivity index (χ2v) is 14.6. The molecule has 9 heteroatoms. The molecular weight excluding hydrogens is 656 g/mol. The Hall–Kier alpha value is -4.82. The molecule has 5 aromatic rings. The summed E-state index contributed by atoms with van der Waals surface area (Å²) in [6.07, 6.45) is 3.94. The highest BCUT2D eigenvalue weighted by molar-refractivity contribution is 6.67. The van der Waals surface area contributed by atoms with Gasteiger partial charge in [0.05, 0.1) is 5.52 Å². The average Bonchev–Trinajstić information content (AvgIpc) is 3.49. The van der Waals surface area contributed by atoms with Gasteiger partial charge in [0.1, 0.15) is 11.6 Å². The third-order valence-corrected chi connectivity index (χ3v) is 7.72. The first kappa shape index (κ1) is 39.6. The van der Waals surface area contributed by atoms with Crippen molar-refractivity contribution in [1.29, 1.82) is 0 Å². The Labute approximate surface area is 298 Å². The smallest absolute Gasteiger partial charge is 0.252 e. The zero-order valence-corrected chi connectivity index (χ0v) is 30.3. The van der Waals surface area contributed by atoms with E-state index >= 15 is 0 Å². The second kappa shape index (κ2) is 18.3. The fourth-order valence-electron chi connectivity index (χ4n) is 4.57. The van der Waals surface area contributed by atoms with Gasteiger partial charge in [-0.2, -0.15) is 0 Å². The standard InChI is InChI=1S/C21H24N2O.C13H18FNO.C7H4ClFO/c1-21(2,3)13-14-22-20(24)17-8-10-18(11-9-17)23-15-12-16-6-4-5-7-19(16)23;1-13(2,3)8-9-15-12(16)10-4-6-11(14)7-5-10;8-7(10)5-1-3-6(9)4-2-5/h4-12,15H,13-14H2,1-3H3,(H,22,24);4-7H,8-9H2,1-3H3,(H,15,16);1-4H. The second-order valence-electron chi connectivity index (χ2n) is 14.2. The summed E-state index contributed by atoms with van der Waals surface area (Å²) in [5.74, 6) is -0.861. The number of fused-ring (bicyclic) bond motifs is 1. The Kier molecular flexibility index (Phi) is 14.5. The van der Waals surface area contributed by atoms with Crippen molar-refractivity contribution in [2.45, 2.75) is 54.4 Å². The van der Waals surface area contributed by atoms with Crippen LogP contribution in [-0.4, -0.2) is 34.7 Å². The van der Waals surface area contributed by atoms with Crippen molar-refractivity contribution in [2.75, 3.05) is 13.1 Å². The van der Waals surface area contributed by atoms with Crippen LogP contribution in [0.5, 0.6) is 0 Å². The largest absolute Gasteiger partial charge is 0.352 e. The molecule has 0 aliphatic carbocycles. The molecule has 6 nitrogen and oxygen atoms in total. The number of benzene rings is 4. The molecule has 0 bridgehead atoms. The Morgan fingerprint density at radius 3 is 1.46 bits per heavy atom. The molecule has 0 spiro atoms. The molecule has 0 aliphatic rings. The van der Waals surface area contributed by atoms with Gasteiger partial charge in [-0.05, 0) is 126 Å². The van der Waals surface area contributed by atoms with E-state index in [4.69, 9.17) is 11.6 Å². The molecule has 5 rings (SSSR count). The molecule has 0 unspecified atom stereocenters. The van der Waals surface area contributed by atoms with Crippen LogP contribution in [-0.2, 0) is 0 Å². The van der Waals surface area contributed by atoms with E-state index in [1.165, 1.54) is 59.4 Å². The summed E-state index contributed by atoms with van der Waals surface area (Å²) in [6.45, 7) is 14.2. The number of halogens is 3. The molecule has 50 heavy (non-hydrogen) atoms. The van der Waals surface area contributed by atoms with Crippen molar-refractivity contribution >= 4 is 39.6 Å². The van der Waals surface area contributed by atoms with Crippen LogP contribution in [0.4, 0.5) is 8.78 Å². The summed E-state index contributed by atoms with van der Waals surface area (Å²) in [5.41, 5.74) is 4.16. The number of para-hydroxylation sites is 1. The van der Waals surface area contributed by atoms with Crippen LogP contribution in [0.25, 0.3) is 16.6 Å². The van der Waals surface area contributed by atoms with Crippen molar-refractivity contribution in [2.24, 2.45) is 10.8 Å². The normalized spacial score (nSPS) is 11.1. The van der Waals surface area contributed by atoms with Gasteiger partial charge in [-0.15, -0.1) is 0 Å². The van der Waals surface area contributed by atoms with E-state index in [2.05, 4.69) is 81.1 Å². The number of amides is 2. The van der Waals surface area contributed by atoms with Crippen LogP contribution >= 0.6 is 11.6 Å². The van der Waals surface area contributed by atoms with Crippen LogP contribution in [0.15, 0.2) is 109 Å². The van der Waals surface area contributed by atoms with E-state index in [1.54, 1.807) is 0 Å². The minimum absolute atomic E-state index is 0.0110. The molecule has 0 saturated heterocycles. The fraction of sp³-hybridized carbons (Fsp3) is 0.293. The summed E-state index contributed by atoms with van der Waals surface area (Å²) in [6, 6.07) is 28.7. The number of nitrogens with one attached hydrogen (secondary N) is 2. The van der Waals surface area contributed by atoms with E-state index < -0.39 is 5.24 Å². The lowest BCUT2D eigenvalue weighted by molar-refractivity contribution is 0.0941. The maximum atomic E-state index is 12.6. The molecule has 1 heterocycles. The summed E-state index contributed by atoms with van der Waals surface area (Å²) in [4.78, 5) is 34.2. The lowest BCUT2D eigenvalue weighted by Crippen LogP contribution is -2.27. The van der Waals surface area contributed by atoms with E-state index in [9.17, 15) is 23.2 Å². The van der Waals surface area contributed by atoms with Crippen LogP contribution in [0, 0.1) is 22.5 Å². The first-order valence-corrected chi connectivity index (χ1v) is 16.8. The number of aromatic nitrogens is 1. The molecule has 0 radical (unpaired) electrons. The van der Waals surface area contributed by atoms with E-state index in [-0.39, 0.29) is 34.3 Å². The highest BCUT2D eigenvalue weighted by Gasteiger charge is 2.13. The van der Waals surface area contributed by atoms with Crippen molar-refractivity contribution < 1.29 is 23.2 Å². The van der Waals surface area contributed by atoms with Gasteiger partial charge < -0.3 is 15.2 Å². The number of carbonyl (C=O) groups excluding carboxylic acids is 3. The Bertz CT molecular complexity index is 1840. The van der Waals surface area contributed by atoms with Gasteiger partial charge in [-0.3, -0.25) is 14.4 Å². The summed E-state index contributed by atoms with van der Waals surface area (Å²) < 4.78 is 27.0. The average molecular weight is 702 g/mol. The predicted octanol–water partition coefficient (Wildman–Crippen LogP) is 9.99. The summed E-state index contributed by atoms with van der Waals surface area (Å²) in [5, 5.41) is 6.45. The first-order valence-electron chi connectivity index (χ1n) is 16.5.